The Labute approximate surface area is 103 Å². The van der Waals surface area contributed by atoms with Gasteiger partial charge in [0.15, 0.2) is 0 Å². The number of benzene rings is 1. The molecule has 0 saturated heterocycles. The minimum atomic E-state index is -3.43. The molecule has 1 rings (SSSR count). The van der Waals surface area contributed by atoms with Crippen LogP contribution in [-0.2, 0) is 9.84 Å². The van der Waals surface area contributed by atoms with Crippen molar-refractivity contribution in [2.45, 2.75) is 11.8 Å². The van der Waals surface area contributed by atoms with Gasteiger partial charge in [-0.25, -0.2) is 8.42 Å². The predicted molar refractivity (Wildman–Crippen MR) is 70.2 cm³/mol. The standard InChI is InChI=1S/C13H17NO2S/c1-4-8-13(11-14(2)3)17(15,16)12-9-6-5-7-10-12/h4-11H,1-3H3/b8-4+,13-11+. The normalized spacial score (nSPS) is 13.0. The van der Waals surface area contributed by atoms with E-state index in [9.17, 15) is 8.42 Å². The lowest BCUT2D eigenvalue weighted by atomic mass is 10.4. The topological polar surface area (TPSA) is 37.4 Å². The molecular formula is C13H17NO2S. The van der Waals surface area contributed by atoms with Crippen LogP contribution in [0.5, 0.6) is 0 Å². The van der Waals surface area contributed by atoms with Crippen molar-refractivity contribution in [2.75, 3.05) is 14.1 Å². The van der Waals surface area contributed by atoms with Crippen molar-refractivity contribution in [3.8, 4) is 0 Å². The molecule has 92 valence electrons. The van der Waals surface area contributed by atoms with Crippen molar-refractivity contribution in [3.05, 3.63) is 53.6 Å². The van der Waals surface area contributed by atoms with Crippen LogP contribution in [0.3, 0.4) is 0 Å². The average molecular weight is 251 g/mol. The molecule has 0 bridgehead atoms. The Morgan fingerprint density at radius 3 is 2.24 bits per heavy atom. The van der Waals surface area contributed by atoms with Gasteiger partial charge in [0.2, 0.25) is 9.84 Å². The van der Waals surface area contributed by atoms with Crippen molar-refractivity contribution in [1.29, 1.82) is 0 Å². The van der Waals surface area contributed by atoms with Gasteiger partial charge in [-0.05, 0) is 25.1 Å². The van der Waals surface area contributed by atoms with Gasteiger partial charge in [0.25, 0.3) is 0 Å². The van der Waals surface area contributed by atoms with Crippen LogP contribution in [0.15, 0.2) is 58.5 Å². The van der Waals surface area contributed by atoms with Gasteiger partial charge in [-0.2, -0.15) is 0 Å². The summed E-state index contributed by atoms with van der Waals surface area (Å²) in [5.41, 5.74) is 0. The molecule has 17 heavy (non-hydrogen) atoms. The van der Waals surface area contributed by atoms with Crippen LogP contribution >= 0.6 is 0 Å². The SMILES string of the molecule is C/C=C/C(=C\N(C)C)S(=O)(=O)c1ccccc1. The summed E-state index contributed by atoms with van der Waals surface area (Å²) in [7, 11) is 0.166. The summed E-state index contributed by atoms with van der Waals surface area (Å²) in [5, 5.41) is 0. The Morgan fingerprint density at radius 1 is 1.18 bits per heavy atom. The Kier molecular flexibility index (Phi) is 4.52. The maximum atomic E-state index is 12.3. The Morgan fingerprint density at radius 2 is 1.76 bits per heavy atom. The average Bonchev–Trinajstić information content (AvgIpc) is 2.29. The first-order valence-corrected chi connectivity index (χ1v) is 6.78. The molecule has 3 nitrogen and oxygen atoms in total. The third-order valence-electron chi connectivity index (χ3n) is 2.08. The first-order chi connectivity index (χ1) is 7.98. The van der Waals surface area contributed by atoms with Gasteiger partial charge >= 0.3 is 0 Å². The highest BCUT2D eigenvalue weighted by Gasteiger charge is 2.18. The zero-order valence-electron chi connectivity index (χ0n) is 10.3. The lowest BCUT2D eigenvalue weighted by Gasteiger charge is -2.10. The van der Waals surface area contributed by atoms with Crippen LogP contribution < -0.4 is 0 Å². The molecule has 1 aromatic rings. The molecule has 0 fully saturated rings. The largest absolute Gasteiger partial charge is 0.382 e. The molecule has 0 aliphatic rings. The summed E-state index contributed by atoms with van der Waals surface area (Å²) in [4.78, 5) is 2.32. The van der Waals surface area contributed by atoms with E-state index < -0.39 is 9.84 Å². The number of allylic oxidation sites excluding steroid dienone is 2. The summed E-state index contributed by atoms with van der Waals surface area (Å²) < 4.78 is 24.6. The first-order valence-electron chi connectivity index (χ1n) is 5.29. The van der Waals surface area contributed by atoms with Gasteiger partial charge in [-0.1, -0.05) is 24.3 Å². The lowest BCUT2D eigenvalue weighted by molar-refractivity contribution is 0.558. The molecule has 0 aliphatic heterocycles. The fourth-order valence-electron chi connectivity index (χ4n) is 1.36. The van der Waals surface area contributed by atoms with Crippen molar-refractivity contribution in [1.82, 2.24) is 4.90 Å². The molecule has 0 aromatic heterocycles. The van der Waals surface area contributed by atoms with E-state index in [4.69, 9.17) is 0 Å². The van der Waals surface area contributed by atoms with E-state index in [1.807, 2.05) is 0 Å². The van der Waals surface area contributed by atoms with Gasteiger partial charge in [0.05, 0.1) is 9.80 Å². The highest BCUT2D eigenvalue weighted by atomic mass is 32.2. The van der Waals surface area contributed by atoms with E-state index in [2.05, 4.69) is 0 Å². The van der Waals surface area contributed by atoms with Crippen molar-refractivity contribution in [3.63, 3.8) is 0 Å². The monoisotopic (exact) mass is 251 g/mol. The maximum Gasteiger partial charge on any atom is 0.208 e. The van der Waals surface area contributed by atoms with Crippen LogP contribution in [0.2, 0.25) is 0 Å². The Bertz CT molecular complexity index is 514. The molecule has 0 aliphatic carbocycles. The van der Waals surface area contributed by atoms with Crippen molar-refractivity contribution < 1.29 is 8.42 Å². The molecule has 0 spiro atoms. The van der Waals surface area contributed by atoms with E-state index >= 15 is 0 Å². The second-order valence-electron chi connectivity index (χ2n) is 3.81. The number of hydrogen-bond donors (Lipinski definition) is 0. The van der Waals surface area contributed by atoms with Crippen molar-refractivity contribution in [2.24, 2.45) is 0 Å². The summed E-state index contributed by atoms with van der Waals surface area (Å²) in [6.45, 7) is 1.80. The van der Waals surface area contributed by atoms with E-state index in [1.165, 1.54) is 0 Å². The minimum absolute atomic E-state index is 0.288. The Balaban J connectivity index is 3.29. The number of nitrogens with zero attached hydrogens (tertiary/aromatic N) is 1. The van der Waals surface area contributed by atoms with E-state index in [0.717, 1.165) is 0 Å². The van der Waals surface area contributed by atoms with Crippen molar-refractivity contribution >= 4 is 9.84 Å². The highest BCUT2D eigenvalue weighted by molar-refractivity contribution is 7.95. The van der Waals surface area contributed by atoms with Crippen LogP contribution in [0.25, 0.3) is 0 Å². The fourth-order valence-corrected chi connectivity index (χ4v) is 2.81. The summed E-state index contributed by atoms with van der Waals surface area (Å²) in [5.74, 6) is 0. The van der Waals surface area contributed by atoms with E-state index in [0.29, 0.717) is 4.90 Å². The summed E-state index contributed by atoms with van der Waals surface area (Å²) in [6.07, 6.45) is 4.92. The summed E-state index contributed by atoms with van der Waals surface area (Å²) in [6, 6.07) is 8.43. The van der Waals surface area contributed by atoms with Crippen LogP contribution in [0.1, 0.15) is 6.92 Å². The van der Waals surface area contributed by atoms with Gasteiger partial charge < -0.3 is 4.90 Å². The second-order valence-corrected chi connectivity index (χ2v) is 5.76. The smallest absolute Gasteiger partial charge is 0.208 e. The third-order valence-corrected chi connectivity index (χ3v) is 3.84. The molecule has 0 radical (unpaired) electrons. The second kappa shape index (κ2) is 5.68. The molecule has 0 amide bonds. The first kappa shape index (κ1) is 13.5. The molecule has 1 aromatic carbocycles. The molecular weight excluding hydrogens is 234 g/mol. The number of sulfone groups is 1. The van der Waals surface area contributed by atoms with Gasteiger partial charge in [0.1, 0.15) is 0 Å². The molecule has 0 heterocycles. The number of hydrogen-bond acceptors (Lipinski definition) is 3. The van der Waals surface area contributed by atoms with E-state index in [-0.39, 0.29) is 4.91 Å². The van der Waals surface area contributed by atoms with E-state index in [1.54, 1.807) is 74.6 Å². The molecule has 0 atom stereocenters. The molecule has 0 unspecified atom stereocenters. The fraction of sp³-hybridized carbons (Fsp3) is 0.231. The quantitative estimate of drug-likeness (QED) is 0.771. The van der Waals surface area contributed by atoms with Gasteiger partial charge in [-0.3, -0.25) is 0 Å². The predicted octanol–water partition coefficient (Wildman–Crippen LogP) is 2.44. The van der Waals surface area contributed by atoms with Gasteiger partial charge in [-0.15, -0.1) is 0 Å². The Hall–Kier alpha value is -1.55. The molecule has 0 saturated carbocycles. The number of rotatable bonds is 4. The minimum Gasteiger partial charge on any atom is -0.382 e. The summed E-state index contributed by atoms with van der Waals surface area (Å²) >= 11 is 0. The molecule has 0 N–H and O–H groups in total. The van der Waals surface area contributed by atoms with Crippen LogP contribution in [-0.4, -0.2) is 27.4 Å². The lowest BCUT2D eigenvalue weighted by Crippen LogP contribution is -2.09. The van der Waals surface area contributed by atoms with Crippen LogP contribution in [0, 0.1) is 0 Å². The molecule has 4 heteroatoms. The van der Waals surface area contributed by atoms with Gasteiger partial charge in [0, 0.05) is 20.3 Å². The van der Waals surface area contributed by atoms with Crippen LogP contribution in [0.4, 0.5) is 0 Å². The highest BCUT2D eigenvalue weighted by Crippen LogP contribution is 2.20. The maximum absolute atomic E-state index is 12.3. The zero-order chi connectivity index (χ0) is 12.9. The zero-order valence-corrected chi connectivity index (χ0v) is 11.1. The third kappa shape index (κ3) is 3.46.